The first-order valence-electron chi connectivity index (χ1n) is 6.32. The van der Waals surface area contributed by atoms with Crippen molar-refractivity contribution in [3.05, 3.63) is 0 Å². The molecule has 1 atom stereocenters. The molecular weight excluding hydrogens is 186 g/mol. The van der Waals surface area contributed by atoms with Gasteiger partial charge in [0, 0.05) is 6.04 Å². The Morgan fingerprint density at radius 3 is 2.33 bits per heavy atom. The third-order valence-electron chi connectivity index (χ3n) is 4.73. The van der Waals surface area contributed by atoms with Gasteiger partial charge >= 0.3 is 0 Å². The molecule has 0 amide bonds. The lowest BCUT2D eigenvalue weighted by Gasteiger charge is -2.49. The first-order chi connectivity index (χ1) is 7.18. The first kappa shape index (κ1) is 11.4. The number of rotatable bonds is 3. The van der Waals surface area contributed by atoms with Crippen molar-refractivity contribution in [3.8, 4) is 0 Å². The summed E-state index contributed by atoms with van der Waals surface area (Å²) in [6.45, 7) is 3.21. The van der Waals surface area contributed by atoms with Gasteiger partial charge in [0.1, 0.15) is 0 Å². The zero-order chi connectivity index (χ0) is 10.9. The molecule has 0 aromatic rings. The second-order valence-corrected chi connectivity index (χ2v) is 5.59. The van der Waals surface area contributed by atoms with E-state index in [1.165, 1.54) is 45.2 Å². The van der Waals surface area contributed by atoms with Crippen LogP contribution in [-0.4, -0.2) is 37.6 Å². The van der Waals surface area contributed by atoms with Crippen LogP contribution in [0.1, 0.15) is 32.1 Å². The molecule has 0 radical (unpaired) electrons. The van der Waals surface area contributed by atoms with E-state index in [0.29, 0.717) is 17.4 Å². The highest BCUT2D eigenvalue weighted by Gasteiger charge is 2.44. The van der Waals surface area contributed by atoms with Crippen LogP contribution in [0.4, 0.5) is 0 Å². The minimum atomic E-state index is 0.306. The minimum Gasteiger partial charge on any atom is -0.330 e. The second-order valence-electron chi connectivity index (χ2n) is 5.59. The van der Waals surface area contributed by atoms with E-state index in [1.54, 1.807) is 0 Å². The maximum atomic E-state index is 6.45. The maximum absolute atomic E-state index is 6.45. The van der Waals surface area contributed by atoms with Crippen molar-refractivity contribution in [1.29, 1.82) is 0 Å². The molecule has 0 aromatic heterocycles. The molecule has 3 nitrogen and oxygen atoms in total. The smallest absolute Gasteiger partial charge is 0.0137 e. The Kier molecular flexibility index (Phi) is 3.33. The molecule has 4 N–H and O–H groups in total. The van der Waals surface area contributed by atoms with E-state index >= 15 is 0 Å². The molecule has 0 spiro atoms. The van der Waals surface area contributed by atoms with Crippen molar-refractivity contribution in [2.45, 2.75) is 38.1 Å². The second kappa shape index (κ2) is 4.40. The van der Waals surface area contributed by atoms with E-state index in [-0.39, 0.29) is 0 Å². The summed E-state index contributed by atoms with van der Waals surface area (Å²) in [6, 6.07) is 0.352. The molecule has 1 aliphatic heterocycles. The molecule has 1 saturated carbocycles. The predicted octanol–water partition coefficient (Wildman–Crippen LogP) is 0.785. The molecule has 15 heavy (non-hydrogen) atoms. The fourth-order valence-electron chi connectivity index (χ4n) is 3.19. The first-order valence-corrected chi connectivity index (χ1v) is 6.32. The summed E-state index contributed by atoms with van der Waals surface area (Å²) in [7, 11) is 2.20. The predicted molar refractivity (Wildman–Crippen MR) is 63.5 cm³/mol. The lowest BCUT2D eigenvalue weighted by atomic mass is 9.60. The summed E-state index contributed by atoms with van der Waals surface area (Å²) >= 11 is 0. The van der Waals surface area contributed by atoms with Crippen molar-refractivity contribution in [3.63, 3.8) is 0 Å². The third kappa shape index (κ3) is 2.05. The number of likely N-dealkylation sites (tertiary alicyclic amines) is 1. The Labute approximate surface area is 93.2 Å². The maximum Gasteiger partial charge on any atom is 0.0137 e. The van der Waals surface area contributed by atoms with E-state index in [1.807, 2.05) is 0 Å². The molecule has 2 aliphatic rings. The fraction of sp³-hybridized carbons (Fsp3) is 1.00. The van der Waals surface area contributed by atoms with Crippen LogP contribution < -0.4 is 11.5 Å². The van der Waals surface area contributed by atoms with E-state index in [4.69, 9.17) is 11.5 Å². The summed E-state index contributed by atoms with van der Waals surface area (Å²) in [5.74, 6) is 0.713. The van der Waals surface area contributed by atoms with Crippen LogP contribution in [0.15, 0.2) is 0 Å². The summed E-state index contributed by atoms with van der Waals surface area (Å²) in [5, 5.41) is 0. The van der Waals surface area contributed by atoms with Gasteiger partial charge in [0.25, 0.3) is 0 Å². The highest BCUT2D eigenvalue weighted by molar-refractivity contribution is 5.00. The third-order valence-corrected chi connectivity index (χ3v) is 4.73. The Morgan fingerprint density at radius 1 is 1.33 bits per heavy atom. The zero-order valence-corrected chi connectivity index (χ0v) is 9.91. The minimum absolute atomic E-state index is 0.306. The quantitative estimate of drug-likeness (QED) is 0.725. The number of hydrogen-bond donors (Lipinski definition) is 2. The molecule has 88 valence electrons. The number of piperidine rings is 1. The van der Waals surface area contributed by atoms with Gasteiger partial charge in [-0.1, -0.05) is 6.42 Å². The van der Waals surface area contributed by atoms with Crippen LogP contribution in [0.2, 0.25) is 0 Å². The Balaban J connectivity index is 1.92. The van der Waals surface area contributed by atoms with E-state index in [2.05, 4.69) is 11.9 Å². The fourth-order valence-corrected chi connectivity index (χ4v) is 3.19. The van der Waals surface area contributed by atoms with Crippen LogP contribution in [0, 0.1) is 11.3 Å². The lowest BCUT2D eigenvalue weighted by molar-refractivity contribution is 0.0510. The van der Waals surface area contributed by atoms with Crippen LogP contribution in [-0.2, 0) is 0 Å². The van der Waals surface area contributed by atoms with E-state index < -0.39 is 0 Å². The normalized spacial score (nSPS) is 29.8. The molecular formula is C12H25N3. The summed E-state index contributed by atoms with van der Waals surface area (Å²) in [6.07, 6.45) is 6.38. The van der Waals surface area contributed by atoms with Crippen molar-refractivity contribution in [2.75, 3.05) is 26.7 Å². The lowest BCUT2D eigenvalue weighted by Crippen LogP contribution is -2.56. The van der Waals surface area contributed by atoms with Gasteiger partial charge in [-0.25, -0.2) is 0 Å². The van der Waals surface area contributed by atoms with Crippen molar-refractivity contribution in [1.82, 2.24) is 4.90 Å². The SMILES string of the molecule is CN1CCC(C(N)C2(CN)CCC2)CC1. The summed E-state index contributed by atoms with van der Waals surface area (Å²) in [4.78, 5) is 2.40. The average Bonchev–Trinajstić information content (AvgIpc) is 2.18. The van der Waals surface area contributed by atoms with Gasteiger partial charge in [-0.3, -0.25) is 0 Å². The van der Waals surface area contributed by atoms with Gasteiger partial charge in [-0.05, 0) is 63.7 Å². The van der Waals surface area contributed by atoms with Gasteiger partial charge in [-0.2, -0.15) is 0 Å². The number of nitrogens with two attached hydrogens (primary N) is 2. The molecule has 1 unspecified atom stereocenters. The molecule has 1 heterocycles. The van der Waals surface area contributed by atoms with Crippen molar-refractivity contribution in [2.24, 2.45) is 22.8 Å². The molecule has 0 bridgehead atoms. The van der Waals surface area contributed by atoms with Gasteiger partial charge in [0.05, 0.1) is 0 Å². The van der Waals surface area contributed by atoms with E-state index in [9.17, 15) is 0 Å². The van der Waals surface area contributed by atoms with Gasteiger partial charge < -0.3 is 16.4 Å². The topological polar surface area (TPSA) is 55.3 Å². The average molecular weight is 211 g/mol. The molecule has 1 aliphatic carbocycles. The van der Waals surface area contributed by atoms with Crippen LogP contribution >= 0.6 is 0 Å². The molecule has 2 rings (SSSR count). The number of hydrogen-bond acceptors (Lipinski definition) is 3. The Bertz CT molecular complexity index is 199. The Morgan fingerprint density at radius 2 is 1.93 bits per heavy atom. The molecule has 2 fully saturated rings. The van der Waals surface area contributed by atoms with Crippen LogP contribution in [0.5, 0.6) is 0 Å². The number of nitrogens with zero attached hydrogens (tertiary/aromatic N) is 1. The van der Waals surface area contributed by atoms with Gasteiger partial charge in [0.2, 0.25) is 0 Å². The summed E-state index contributed by atoms with van der Waals surface area (Å²) < 4.78 is 0. The van der Waals surface area contributed by atoms with Crippen molar-refractivity contribution >= 4 is 0 Å². The molecule has 3 heteroatoms. The van der Waals surface area contributed by atoms with Gasteiger partial charge in [0.15, 0.2) is 0 Å². The Hall–Kier alpha value is -0.120. The van der Waals surface area contributed by atoms with Crippen LogP contribution in [0.25, 0.3) is 0 Å². The highest BCUT2D eigenvalue weighted by atomic mass is 15.1. The standard InChI is InChI=1S/C12H25N3/c1-15-7-3-10(4-8-15)11(14)12(9-13)5-2-6-12/h10-11H,2-9,13-14H2,1H3. The van der Waals surface area contributed by atoms with Crippen molar-refractivity contribution < 1.29 is 0 Å². The summed E-state index contributed by atoms with van der Waals surface area (Å²) in [5.41, 5.74) is 12.7. The van der Waals surface area contributed by atoms with Crippen LogP contribution in [0.3, 0.4) is 0 Å². The largest absolute Gasteiger partial charge is 0.330 e. The zero-order valence-electron chi connectivity index (χ0n) is 9.91. The highest BCUT2D eigenvalue weighted by Crippen LogP contribution is 2.45. The molecule has 0 aromatic carbocycles. The van der Waals surface area contributed by atoms with E-state index in [0.717, 1.165) is 6.54 Å². The molecule has 1 saturated heterocycles. The van der Waals surface area contributed by atoms with Gasteiger partial charge in [-0.15, -0.1) is 0 Å². The monoisotopic (exact) mass is 211 g/mol.